The highest BCUT2D eigenvalue weighted by Crippen LogP contribution is 2.32. The number of hydrogen-bond donors (Lipinski definition) is 2. The smallest absolute Gasteiger partial charge is 0.231 e. The van der Waals surface area contributed by atoms with E-state index in [1.165, 1.54) is 10.5 Å². The van der Waals surface area contributed by atoms with Gasteiger partial charge in [-0.1, -0.05) is 23.2 Å². The summed E-state index contributed by atoms with van der Waals surface area (Å²) in [5.74, 6) is 1.68. The van der Waals surface area contributed by atoms with Gasteiger partial charge in [0.25, 0.3) is 0 Å². The maximum absolute atomic E-state index is 6.07. The average Bonchev–Trinajstić information content (AvgIpc) is 3.13. The van der Waals surface area contributed by atoms with Gasteiger partial charge in [0.15, 0.2) is 16.6 Å². The second-order valence-corrected chi connectivity index (χ2v) is 7.86. The summed E-state index contributed by atoms with van der Waals surface area (Å²) in [6.07, 6.45) is 0. The van der Waals surface area contributed by atoms with E-state index in [-0.39, 0.29) is 0 Å². The predicted molar refractivity (Wildman–Crippen MR) is 111 cm³/mol. The molecule has 5 nitrogen and oxygen atoms in total. The maximum atomic E-state index is 6.07. The van der Waals surface area contributed by atoms with Crippen molar-refractivity contribution in [3.05, 3.63) is 52.0 Å². The largest absolute Gasteiger partial charge is 0.454 e. The second-order valence-electron chi connectivity index (χ2n) is 6.66. The van der Waals surface area contributed by atoms with Crippen molar-refractivity contribution in [1.29, 1.82) is 0 Å². The van der Waals surface area contributed by atoms with E-state index in [1.54, 1.807) is 12.1 Å². The molecular formula is C19H20Cl2N3O2S+. The van der Waals surface area contributed by atoms with Crippen molar-refractivity contribution in [1.82, 2.24) is 4.90 Å². The molecule has 0 aliphatic carbocycles. The van der Waals surface area contributed by atoms with Crippen LogP contribution in [-0.4, -0.2) is 43.0 Å². The molecule has 8 heteroatoms. The van der Waals surface area contributed by atoms with Crippen molar-refractivity contribution in [2.75, 3.05) is 38.3 Å². The Labute approximate surface area is 173 Å². The Bertz CT molecular complexity index is 857. The van der Waals surface area contributed by atoms with Gasteiger partial charge in [-0.2, -0.15) is 0 Å². The van der Waals surface area contributed by atoms with E-state index in [0.717, 1.165) is 55.0 Å². The van der Waals surface area contributed by atoms with Crippen LogP contribution >= 0.6 is 35.4 Å². The van der Waals surface area contributed by atoms with Crippen LogP contribution in [0.4, 0.5) is 5.69 Å². The molecule has 2 aromatic rings. The first-order chi connectivity index (χ1) is 13.1. The first-order valence-corrected chi connectivity index (χ1v) is 9.98. The first kappa shape index (κ1) is 18.6. The lowest BCUT2D eigenvalue weighted by molar-refractivity contribution is -0.917. The molecule has 0 saturated carbocycles. The molecule has 27 heavy (non-hydrogen) atoms. The van der Waals surface area contributed by atoms with E-state index in [9.17, 15) is 0 Å². The van der Waals surface area contributed by atoms with Crippen LogP contribution in [0.1, 0.15) is 5.56 Å². The molecule has 2 aliphatic heterocycles. The number of halogens is 2. The fraction of sp³-hybridized carbons (Fsp3) is 0.316. The number of rotatable bonds is 3. The van der Waals surface area contributed by atoms with Gasteiger partial charge in [-0.3, -0.25) is 0 Å². The van der Waals surface area contributed by atoms with Crippen molar-refractivity contribution >= 4 is 46.2 Å². The van der Waals surface area contributed by atoms with Crippen molar-refractivity contribution in [2.45, 2.75) is 6.54 Å². The standard InChI is InChI=1S/C19H19Cl2N3O2S/c20-15-3-2-14(10-16(15)21)22-19(27)24-7-5-23(6-8-24)11-13-1-4-17-18(9-13)26-12-25-17/h1-4,9-10H,5-8,11-12H2,(H,22,27)/p+1. The Morgan fingerprint density at radius 3 is 2.59 bits per heavy atom. The zero-order valence-corrected chi connectivity index (χ0v) is 17.0. The van der Waals surface area contributed by atoms with Gasteiger partial charge in [0.05, 0.1) is 36.2 Å². The number of thiocarbonyl (C=S) groups is 1. The van der Waals surface area contributed by atoms with Crippen LogP contribution in [0.2, 0.25) is 10.0 Å². The van der Waals surface area contributed by atoms with Crippen LogP contribution in [0, 0.1) is 0 Å². The third kappa shape index (κ3) is 4.41. The SMILES string of the molecule is S=C(Nc1ccc(Cl)c(Cl)c1)N1CC[NH+](Cc2ccc3c(c2)OCO3)CC1. The van der Waals surface area contributed by atoms with E-state index in [4.69, 9.17) is 44.9 Å². The first-order valence-electron chi connectivity index (χ1n) is 8.81. The molecule has 0 bridgehead atoms. The minimum Gasteiger partial charge on any atom is -0.454 e. The Morgan fingerprint density at radius 2 is 1.81 bits per heavy atom. The molecule has 0 atom stereocenters. The number of hydrogen-bond acceptors (Lipinski definition) is 3. The predicted octanol–water partition coefficient (Wildman–Crippen LogP) is 2.82. The van der Waals surface area contributed by atoms with Crippen molar-refractivity contribution in [2.24, 2.45) is 0 Å². The summed E-state index contributed by atoms with van der Waals surface area (Å²) in [7, 11) is 0. The number of nitrogens with one attached hydrogen (secondary N) is 2. The highest BCUT2D eigenvalue weighted by Gasteiger charge is 2.23. The van der Waals surface area contributed by atoms with Gasteiger partial charge >= 0.3 is 0 Å². The van der Waals surface area contributed by atoms with Gasteiger partial charge in [-0.05, 0) is 48.6 Å². The summed E-state index contributed by atoms with van der Waals surface area (Å²) in [6.45, 7) is 5.15. The van der Waals surface area contributed by atoms with Crippen LogP contribution < -0.4 is 19.7 Å². The molecule has 2 heterocycles. The topological polar surface area (TPSA) is 38.2 Å². The van der Waals surface area contributed by atoms with Crippen LogP contribution in [0.5, 0.6) is 11.5 Å². The van der Waals surface area contributed by atoms with Gasteiger partial charge in [0.2, 0.25) is 6.79 Å². The lowest BCUT2D eigenvalue weighted by atomic mass is 10.1. The van der Waals surface area contributed by atoms with Crippen LogP contribution in [0.25, 0.3) is 0 Å². The number of ether oxygens (including phenoxy) is 2. The fourth-order valence-corrected chi connectivity index (χ4v) is 3.92. The zero-order valence-electron chi connectivity index (χ0n) is 14.6. The Hall–Kier alpha value is -1.73. The molecule has 0 amide bonds. The van der Waals surface area contributed by atoms with Crippen LogP contribution in [-0.2, 0) is 6.54 Å². The van der Waals surface area contributed by atoms with E-state index in [1.807, 2.05) is 12.1 Å². The normalized spacial score (nSPS) is 16.4. The number of piperazine rings is 1. The lowest BCUT2D eigenvalue weighted by Gasteiger charge is -2.34. The van der Waals surface area contributed by atoms with Crippen molar-refractivity contribution in [3.63, 3.8) is 0 Å². The van der Waals surface area contributed by atoms with Gasteiger partial charge < -0.3 is 24.6 Å². The third-order valence-electron chi connectivity index (χ3n) is 4.82. The Kier molecular flexibility index (Phi) is 5.59. The average molecular weight is 425 g/mol. The Morgan fingerprint density at radius 1 is 1.04 bits per heavy atom. The lowest BCUT2D eigenvalue weighted by Crippen LogP contribution is -3.13. The number of benzene rings is 2. The highest BCUT2D eigenvalue weighted by molar-refractivity contribution is 7.80. The molecule has 2 aromatic carbocycles. The van der Waals surface area contributed by atoms with Crippen molar-refractivity contribution < 1.29 is 14.4 Å². The van der Waals surface area contributed by atoms with Crippen molar-refractivity contribution in [3.8, 4) is 11.5 Å². The van der Waals surface area contributed by atoms with Gasteiger partial charge in [-0.15, -0.1) is 0 Å². The molecule has 0 aromatic heterocycles. The summed E-state index contributed by atoms with van der Waals surface area (Å²) in [6, 6.07) is 11.6. The third-order valence-corrected chi connectivity index (χ3v) is 5.92. The summed E-state index contributed by atoms with van der Waals surface area (Å²) >= 11 is 17.6. The van der Waals surface area contributed by atoms with E-state index >= 15 is 0 Å². The summed E-state index contributed by atoms with van der Waals surface area (Å²) < 4.78 is 10.8. The van der Waals surface area contributed by atoms with E-state index in [0.29, 0.717) is 16.8 Å². The number of nitrogens with zero attached hydrogens (tertiary/aromatic N) is 1. The monoisotopic (exact) mass is 424 g/mol. The molecule has 0 unspecified atom stereocenters. The molecule has 2 N–H and O–H groups in total. The van der Waals surface area contributed by atoms with Gasteiger partial charge in [0.1, 0.15) is 6.54 Å². The quantitative estimate of drug-likeness (QED) is 0.741. The van der Waals surface area contributed by atoms with Crippen LogP contribution in [0.15, 0.2) is 36.4 Å². The highest BCUT2D eigenvalue weighted by atomic mass is 35.5. The minimum atomic E-state index is 0.313. The molecule has 0 radical (unpaired) electrons. The molecule has 2 aliphatic rings. The second kappa shape index (κ2) is 8.10. The summed E-state index contributed by atoms with van der Waals surface area (Å²) in [4.78, 5) is 3.73. The van der Waals surface area contributed by atoms with E-state index < -0.39 is 0 Å². The van der Waals surface area contributed by atoms with Gasteiger partial charge in [0, 0.05) is 11.3 Å². The number of fused-ring (bicyclic) bond motifs is 1. The maximum Gasteiger partial charge on any atom is 0.231 e. The number of anilines is 1. The zero-order chi connectivity index (χ0) is 18.8. The summed E-state index contributed by atoms with van der Waals surface area (Å²) in [5, 5.41) is 5.02. The van der Waals surface area contributed by atoms with Gasteiger partial charge in [-0.25, -0.2) is 0 Å². The fourth-order valence-electron chi connectivity index (χ4n) is 3.32. The minimum absolute atomic E-state index is 0.313. The molecule has 4 rings (SSSR count). The molecule has 1 fully saturated rings. The molecule has 1 saturated heterocycles. The molecular weight excluding hydrogens is 405 g/mol. The molecule has 142 valence electrons. The number of quaternary nitrogens is 1. The van der Waals surface area contributed by atoms with E-state index in [2.05, 4.69) is 22.3 Å². The molecule has 0 spiro atoms. The summed E-state index contributed by atoms with van der Waals surface area (Å²) in [5.41, 5.74) is 2.11. The van der Waals surface area contributed by atoms with Crippen LogP contribution in [0.3, 0.4) is 0 Å². The Balaban J connectivity index is 1.29.